The lowest BCUT2D eigenvalue weighted by molar-refractivity contribution is -0.0118. The van der Waals surface area contributed by atoms with Crippen LogP contribution in [0.25, 0.3) is 0 Å². The molecule has 0 N–H and O–H groups in total. The maximum atomic E-state index is 5.74. The van der Waals surface area contributed by atoms with Gasteiger partial charge < -0.3 is 28.4 Å². The van der Waals surface area contributed by atoms with E-state index in [9.17, 15) is 0 Å². The van der Waals surface area contributed by atoms with Crippen molar-refractivity contribution in [1.82, 2.24) is 0 Å². The maximum Gasteiger partial charge on any atom is 0.119 e. The molecule has 0 aliphatic rings. The summed E-state index contributed by atoms with van der Waals surface area (Å²) in [5.74, 6) is 1.40. The Balaban J connectivity index is 1.82. The van der Waals surface area contributed by atoms with Gasteiger partial charge in [-0.2, -0.15) is 0 Å². The van der Waals surface area contributed by atoms with Crippen molar-refractivity contribution in [2.45, 2.75) is 51.9 Å². The molecule has 0 fully saturated rings. The minimum Gasteiger partial charge on any atom is -0.491 e. The van der Waals surface area contributed by atoms with Crippen LogP contribution in [0.5, 0.6) is 5.75 Å². The zero-order chi connectivity index (χ0) is 23.7. The van der Waals surface area contributed by atoms with Gasteiger partial charge >= 0.3 is 0 Å². The summed E-state index contributed by atoms with van der Waals surface area (Å²) in [5, 5.41) is 0. The van der Waals surface area contributed by atoms with E-state index in [4.69, 9.17) is 40.0 Å². The van der Waals surface area contributed by atoms with E-state index in [0.717, 1.165) is 12.2 Å². The Kier molecular flexibility index (Phi) is 22.1. The lowest BCUT2D eigenvalue weighted by Crippen LogP contribution is -2.14. The monoisotopic (exact) mass is 488 g/mol. The van der Waals surface area contributed by atoms with Crippen molar-refractivity contribution in [3.8, 4) is 5.75 Å². The number of unbranched alkanes of at least 4 members (excludes halogenated alkanes) is 5. The van der Waals surface area contributed by atoms with E-state index in [1.54, 1.807) is 0 Å². The molecule has 0 radical (unpaired) electrons. The van der Waals surface area contributed by atoms with Crippen molar-refractivity contribution in [2.75, 3.05) is 78.6 Å². The van der Waals surface area contributed by atoms with Crippen LogP contribution < -0.4 is 4.74 Å². The number of halogens is 1. The second kappa shape index (κ2) is 24.2. The number of ether oxygens (including phenoxy) is 6. The molecule has 1 aromatic rings. The fourth-order valence-electron chi connectivity index (χ4n) is 3.12. The van der Waals surface area contributed by atoms with Crippen LogP contribution >= 0.6 is 11.6 Å². The van der Waals surface area contributed by atoms with E-state index in [1.165, 1.54) is 44.1 Å². The van der Waals surface area contributed by atoms with Crippen LogP contribution in [0.2, 0.25) is 0 Å². The van der Waals surface area contributed by atoms with E-state index in [0.29, 0.717) is 78.6 Å². The first kappa shape index (κ1) is 30.1. The van der Waals surface area contributed by atoms with Gasteiger partial charge in [0.15, 0.2) is 0 Å². The van der Waals surface area contributed by atoms with Gasteiger partial charge in [0.1, 0.15) is 12.4 Å². The SMILES string of the molecule is CCCCCCCCc1ccc(OCCOCCOCCOCCOCCOCCCl)cc1. The summed E-state index contributed by atoms with van der Waals surface area (Å²) < 4.78 is 32.8. The van der Waals surface area contributed by atoms with Crippen molar-refractivity contribution in [1.29, 1.82) is 0 Å². The number of hydrogen-bond donors (Lipinski definition) is 0. The molecular formula is C26H45ClO6. The summed E-state index contributed by atoms with van der Waals surface area (Å²) in [7, 11) is 0. The van der Waals surface area contributed by atoms with Crippen molar-refractivity contribution >= 4 is 11.6 Å². The first-order chi connectivity index (χ1) is 16.4. The van der Waals surface area contributed by atoms with Crippen molar-refractivity contribution in [3.63, 3.8) is 0 Å². The molecule has 7 heteroatoms. The number of alkyl halides is 1. The average molecular weight is 489 g/mol. The van der Waals surface area contributed by atoms with Crippen LogP contribution in [-0.2, 0) is 30.1 Å². The molecule has 0 amide bonds. The standard InChI is InChI=1S/C26H45ClO6/c1-2-3-4-5-6-7-8-25-9-11-26(12-10-25)33-24-23-32-22-21-31-20-19-30-18-17-29-16-15-28-14-13-27/h9-12H,2-8,13-24H2,1H3. The van der Waals surface area contributed by atoms with Gasteiger partial charge in [-0.25, -0.2) is 0 Å². The highest BCUT2D eigenvalue weighted by Crippen LogP contribution is 2.15. The number of aryl methyl sites for hydroxylation is 1. The lowest BCUT2D eigenvalue weighted by Gasteiger charge is -2.09. The normalized spacial score (nSPS) is 11.2. The van der Waals surface area contributed by atoms with Gasteiger partial charge in [0, 0.05) is 5.88 Å². The van der Waals surface area contributed by atoms with Gasteiger partial charge in [0.2, 0.25) is 0 Å². The fourth-order valence-corrected chi connectivity index (χ4v) is 3.23. The van der Waals surface area contributed by atoms with Crippen molar-refractivity contribution in [3.05, 3.63) is 29.8 Å². The third kappa shape index (κ3) is 20.2. The molecule has 0 bridgehead atoms. The molecule has 0 aromatic heterocycles. The Hall–Kier alpha value is -0.890. The fraction of sp³-hybridized carbons (Fsp3) is 0.769. The molecule has 0 saturated carbocycles. The van der Waals surface area contributed by atoms with Gasteiger partial charge in [-0.15, -0.1) is 11.6 Å². The Morgan fingerprint density at radius 1 is 0.545 bits per heavy atom. The zero-order valence-electron chi connectivity index (χ0n) is 20.6. The molecule has 0 aliphatic heterocycles. The Labute approximate surface area is 206 Å². The van der Waals surface area contributed by atoms with Crippen LogP contribution in [0.4, 0.5) is 0 Å². The summed E-state index contributed by atoms with van der Waals surface area (Å²) in [6, 6.07) is 8.44. The molecule has 0 aliphatic carbocycles. The molecule has 0 heterocycles. The highest BCUT2D eigenvalue weighted by molar-refractivity contribution is 6.17. The summed E-state index contributed by atoms with van der Waals surface area (Å²) in [5.41, 5.74) is 1.38. The topological polar surface area (TPSA) is 55.4 Å². The molecule has 1 aromatic carbocycles. The molecule has 6 nitrogen and oxygen atoms in total. The Morgan fingerprint density at radius 2 is 1.00 bits per heavy atom. The Bertz CT molecular complexity index is 514. The molecule has 33 heavy (non-hydrogen) atoms. The van der Waals surface area contributed by atoms with Crippen LogP contribution in [-0.4, -0.2) is 78.6 Å². The molecule has 192 valence electrons. The molecule has 1 rings (SSSR count). The van der Waals surface area contributed by atoms with E-state index in [-0.39, 0.29) is 0 Å². The molecular weight excluding hydrogens is 444 g/mol. The van der Waals surface area contributed by atoms with Crippen LogP contribution in [0.3, 0.4) is 0 Å². The third-order valence-electron chi connectivity index (χ3n) is 4.95. The highest BCUT2D eigenvalue weighted by Gasteiger charge is 1.98. The molecule has 0 atom stereocenters. The van der Waals surface area contributed by atoms with Gasteiger partial charge in [-0.1, -0.05) is 51.2 Å². The number of benzene rings is 1. The third-order valence-corrected chi connectivity index (χ3v) is 5.10. The average Bonchev–Trinajstić information content (AvgIpc) is 2.84. The molecule has 0 saturated heterocycles. The number of rotatable bonds is 25. The summed E-state index contributed by atoms with van der Waals surface area (Å²) in [6.07, 6.45) is 9.15. The van der Waals surface area contributed by atoms with Gasteiger partial charge in [-0.05, 0) is 30.5 Å². The highest BCUT2D eigenvalue weighted by atomic mass is 35.5. The van der Waals surface area contributed by atoms with E-state index in [1.807, 2.05) is 0 Å². The predicted molar refractivity (Wildman–Crippen MR) is 134 cm³/mol. The van der Waals surface area contributed by atoms with E-state index < -0.39 is 0 Å². The van der Waals surface area contributed by atoms with Crippen LogP contribution in [0, 0.1) is 0 Å². The summed E-state index contributed by atoms with van der Waals surface area (Å²) in [6.45, 7) is 8.30. The smallest absolute Gasteiger partial charge is 0.119 e. The van der Waals surface area contributed by atoms with E-state index >= 15 is 0 Å². The van der Waals surface area contributed by atoms with Gasteiger partial charge in [0.25, 0.3) is 0 Å². The second-order valence-electron chi connectivity index (χ2n) is 7.76. The van der Waals surface area contributed by atoms with Crippen LogP contribution in [0.15, 0.2) is 24.3 Å². The summed E-state index contributed by atoms with van der Waals surface area (Å²) >= 11 is 5.51. The minimum absolute atomic E-state index is 0.510. The maximum absolute atomic E-state index is 5.74. The van der Waals surface area contributed by atoms with Gasteiger partial charge in [0.05, 0.1) is 66.1 Å². The quantitative estimate of drug-likeness (QED) is 0.138. The zero-order valence-corrected chi connectivity index (χ0v) is 21.3. The molecule has 0 spiro atoms. The molecule has 0 unspecified atom stereocenters. The summed E-state index contributed by atoms with van der Waals surface area (Å²) in [4.78, 5) is 0. The largest absolute Gasteiger partial charge is 0.491 e. The minimum atomic E-state index is 0.510. The van der Waals surface area contributed by atoms with Crippen LogP contribution in [0.1, 0.15) is 51.0 Å². The Morgan fingerprint density at radius 3 is 1.52 bits per heavy atom. The van der Waals surface area contributed by atoms with E-state index in [2.05, 4.69) is 31.2 Å². The van der Waals surface area contributed by atoms with Gasteiger partial charge in [-0.3, -0.25) is 0 Å². The second-order valence-corrected chi connectivity index (χ2v) is 8.14. The van der Waals surface area contributed by atoms with Crippen molar-refractivity contribution < 1.29 is 28.4 Å². The predicted octanol–water partition coefficient (Wildman–Crippen LogP) is 5.29. The first-order valence-corrected chi connectivity index (χ1v) is 13.1. The van der Waals surface area contributed by atoms with Crippen molar-refractivity contribution in [2.24, 2.45) is 0 Å². The number of hydrogen-bond acceptors (Lipinski definition) is 6. The lowest BCUT2D eigenvalue weighted by atomic mass is 10.0. The first-order valence-electron chi connectivity index (χ1n) is 12.5.